The Kier molecular flexibility index (Phi) is 4.73. The van der Waals surface area contributed by atoms with Crippen molar-refractivity contribution in [3.05, 3.63) is 24.0 Å². The van der Waals surface area contributed by atoms with Gasteiger partial charge in [-0.15, -0.1) is 5.10 Å². The molecule has 3 rings (SSSR count). The third kappa shape index (κ3) is 4.33. The molecule has 0 saturated carbocycles. The van der Waals surface area contributed by atoms with Crippen molar-refractivity contribution in [3.8, 4) is 11.5 Å². The molecule has 0 spiro atoms. The van der Waals surface area contributed by atoms with Gasteiger partial charge in [0.05, 0.1) is 24.2 Å². The molecule has 9 nitrogen and oxygen atoms in total. The molecule has 0 radical (unpaired) electrons. The summed E-state index contributed by atoms with van der Waals surface area (Å²) in [6.07, 6.45) is -1.43. The Hall–Kier alpha value is -3.17. The molecular weight excluding hydrogens is 359 g/mol. The molecule has 1 aromatic carbocycles. The molecule has 1 aliphatic heterocycles. The Morgan fingerprint density at radius 2 is 2.15 bits per heavy atom. The lowest BCUT2D eigenvalue weighted by molar-refractivity contribution is -0.156. The lowest BCUT2D eigenvalue weighted by Crippen LogP contribution is -2.28. The van der Waals surface area contributed by atoms with E-state index in [9.17, 15) is 14.0 Å². The maximum atomic E-state index is 14.4. The number of hydrogen-bond donors (Lipinski definition) is 1. The minimum atomic E-state index is -0.675. The number of esters is 1. The highest BCUT2D eigenvalue weighted by Crippen LogP contribution is 2.29. The van der Waals surface area contributed by atoms with Crippen LogP contribution in [0.5, 0.6) is 0 Å². The van der Waals surface area contributed by atoms with E-state index in [0.717, 1.165) is 6.07 Å². The number of hydrogen-bond acceptors (Lipinski definition) is 8. The zero-order valence-corrected chi connectivity index (χ0v) is 15.1. The van der Waals surface area contributed by atoms with Gasteiger partial charge in [-0.2, -0.15) is 0 Å². The van der Waals surface area contributed by atoms with Crippen LogP contribution in [-0.4, -0.2) is 40.5 Å². The number of nitrogens with zero attached hydrogens (tertiary/aromatic N) is 3. The van der Waals surface area contributed by atoms with E-state index in [1.807, 2.05) is 0 Å². The average Bonchev–Trinajstić information content (AvgIpc) is 3.11. The second-order valence-electron chi connectivity index (χ2n) is 7.02. The van der Waals surface area contributed by atoms with Crippen LogP contribution in [0.4, 0.5) is 20.9 Å². The molecular formula is C17H19FN4O5. The van der Waals surface area contributed by atoms with Crippen LogP contribution in [0.15, 0.2) is 22.6 Å². The summed E-state index contributed by atoms with van der Waals surface area (Å²) in [5, 5.41) is 7.10. The van der Waals surface area contributed by atoms with Crippen molar-refractivity contribution < 1.29 is 27.9 Å². The second kappa shape index (κ2) is 6.86. The molecule has 1 aliphatic rings. The van der Waals surface area contributed by atoms with Crippen LogP contribution in [0.25, 0.3) is 11.5 Å². The van der Waals surface area contributed by atoms with Crippen molar-refractivity contribution in [2.75, 3.05) is 17.2 Å². The number of halogens is 1. The highest BCUT2D eigenvalue weighted by atomic mass is 19.1. The lowest BCUT2D eigenvalue weighted by atomic mass is 10.1. The van der Waals surface area contributed by atoms with Crippen molar-refractivity contribution in [1.82, 2.24) is 10.2 Å². The fourth-order valence-electron chi connectivity index (χ4n) is 2.60. The minimum Gasteiger partial charge on any atom is -0.460 e. The van der Waals surface area contributed by atoms with E-state index in [0.29, 0.717) is 0 Å². The summed E-state index contributed by atoms with van der Waals surface area (Å²) in [5.74, 6) is -1.21. The molecule has 2 aromatic rings. The van der Waals surface area contributed by atoms with E-state index in [1.165, 1.54) is 17.0 Å². The third-order valence-electron chi connectivity index (χ3n) is 3.62. The van der Waals surface area contributed by atoms with E-state index in [1.54, 1.807) is 20.8 Å². The van der Waals surface area contributed by atoms with E-state index in [2.05, 4.69) is 10.2 Å². The number of cyclic esters (lactones) is 1. The number of rotatable bonds is 4. The molecule has 2 heterocycles. The van der Waals surface area contributed by atoms with Crippen LogP contribution in [0.2, 0.25) is 0 Å². The van der Waals surface area contributed by atoms with Crippen LogP contribution in [-0.2, 0) is 14.3 Å². The number of nitrogens with two attached hydrogens (primary N) is 1. The molecule has 1 fully saturated rings. The van der Waals surface area contributed by atoms with Crippen LogP contribution >= 0.6 is 0 Å². The number of nitrogen functional groups attached to an aromatic ring is 1. The van der Waals surface area contributed by atoms with Crippen molar-refractivity contribution in [2.24, 2.45) is 0 Å². The normalized spacial score (nSPS) is 17.1. The van der Waals surface area contributed by atoms with E-state index in [-0.39, 0.29) is 36.1 Å². The monoisotopic (exact) mass is 378 g/mol. The lowest BCUT2D eigenvalue weighted by Gasteiger charge is -2.20. The molecule has 2 N–H and O–H groups in total. The van der Waals surface area contributed by atoms with Gasteiger partial charge in [-0.05, 0) is 39.0 Å². The summed E-state index contributed by atoms with van der Waals surface area (Å²) in [7, 11) is 0. The Balaban J connectivity index is 1.70. The van der Waals surface area contributed by atoms with Gasteiger partial charge < -0.3 is 19.6 Å². The fourth-order valence-corrected chi connectivity index (χ4v) is 2.60. The predicted octanol–water partition coefficient (Wildman–Crippen LogP) is 2.51. The molecule has 1 saturated heterocycles. The number of carbonyl (C=O) groups excluding carboxylic acids is 2. The molecule has 0 bridgehead atoms. The Morgan fingerprint density at radius 1 is 1.41 bits per heavy atom. The first kappa shape index (κ1) is 18.6. The van der Waals surface area contributed by atoms with Gasteiger partial charge in [0.2, 0.25) is 0 Å². The van der Waals surface area contributed by atoms with Crippen molar-refractivity contribution in [3.63, 3.8) is 0 Å². The summed E-state index contributed by atoms with van der Waals surface area (Å²) in [4.78, 5) is 25.2. The summed E-state index contributed by atoms with van der Waals surface area (Å²) >= 11 is 0. The number of anilines is 2. The number of amides is 1. The zero-order chi connectivity index (χ0) is 19.8. The highest BCUT2D eigenvalue weighted by Gasteiger charge is 2.35. The molecule has 144 valence electrons. The second-order valence-corrected chi connectivity index (χ2v) is 7.02. The first-order valence-corrected chi connectivity index (χ1v) is 8.21. The van der Waals surface area contributed by atoms with Gasteiger partial charge in [-0.1, -0.05) is 5.10 Å². The van der Waals surface area contributed by atoms with Gasteiger partial charge in [0, 0.05) is 0 Å². The van der Waals surface area contributed by atoms with Crippen molar-refractivity contribution in [1.29, 1.82) is 0 Å². The van der Waals surface area contributed by atoms with Gasteiger partial charge in [0.1, 0.15) is 17.5 Å². The van der Waals surface area contributed by atoms with Crippen LogP contribution < -0.4 is 10.6 Å². The zero-order valence-electron chi connectivity index (χ0n) is 15.1. The van der Waals surface area contributed by atoms with E-state index in [4.69, 9.17) is 19.6 Å². The number of aromatic nitrogens is 2. The van der Waals surface area contributed by atoms with Gasteiger partial charge in [0.15, 0.2) is 0 Å². The first-order valence-electron chi connectivity index (χ1n) is 8.21. The Labute approximate surface area is 154 Å². The maximum absolute atomic E-state index is 14.4. The molecule has 1 aromatic heterocycles. The van der Waals surface area contributed by atoms with E-state index < -0.39 is 29.6 Å². The van der Waals surface area contributed by atoms with Crippen molar-refractivity contribution >= 4 is 23.8 Å². The Bertz CT molecular complexity index is 876. The minimum absolute atomic E-state index is 0.0563. The molecule has 1 atom stereocenters. The molecule has 27 heavy (non-hydrogen) atoms. The molecule has 10 heteroatoms. The first-order chi connectivity index (χ1) is 12.6. The third-order valence-corrected chi connectivity index (χ3v) is 3.62. The fraction of sp³-hybridized carbons (Fsp3) is 0.412. The summed E-state index contributed by atoms with van der Waals surface area (Å²) in [6, 6.07) is 3.87. The molecule has 1 amide bonds. The van der Waals surface area contributed by atoms with Gasteiger partial charge >= 0.3 is 18.1 Å². The van der Waals surface area contributed by atoms with E-state index >= 15 is 0 Å². The highest BCUT2D eigenvalue weighted by molar-refractivity contribution is 5.90. The summed E-state index contributed by atoms with van der Waals surface area (Å²) < 4.78 is 29.8. The number of benzene rings is 1. The number of carbonyl (C=O) groups is 2. The predicted molar refractivity (Wildman–Crippen MR) is 92.2 cm³/mol. The molecule has 0 aliphatic carbocycles. The van der Waals surface area contributed by atoms with Crippen LogP contribution in [0.1, 0.15) is 27.2 Å². The average molecular weight is 378 g/mol. The molecule has 1 unspecified atom stereocenters. The summed E-state index contributed by atoms with van der Waals surface area (Å²) in [6.45, 7) is 5.35. The van der Waals surface area contributed by atoms with Crippen LogP contribution in [0.3, 0.4) is 0 Å². The largest absolute Gasteiger partial charge is 0.460 e. The standard InChI is InChI=1S/C17H19FN4O5/c1-17(2,3)27-13(23)7-10-8-22(16(24)25-10)9-4-5-11(12(18)6-9)14-20-21-15(19)26-14/h4-6,10H,7-8H2,1-3H3,(H2,19,21). The van der Waals surface area contributed by atoms with Crippen molar-refractivity contribution in [2.45, 2.75) is 38.9 Å². The quantitative estimate of drug-likeness (QED) is 0.806. The SMILES string of the molecule is CC(C)(C)OC(=O)CC1CN(c2ccc(-c3nnc(N)o3)c(F)c2)C(=O)O1. The number of ether oxygens (including phenoxy) is 2. The van der Waals surface area contributed by atoms with Gasteiger partial charge in [-0.3, -0.25) is 9.69 Å². The topological polar surface area (TPSA) is 121 Å². The maximum Gasteiger partial charge on any atom is 0.414 e. The van der Waals surface area contributed by atoms with Gasteiger partial charge in [-0.25, -0.2) is 9.18 Å². The van der Waals surface area contributed by atoms with Crippen LogP contribution in [0, 0.1) is 5.82 Å². The Morgan fingerprint density at radius 3 is 2.74 bits per heavy atom. The smallest absolute Gasteiger partial charge is 0.414 e. The summed E-state index contributed by atoms with van der Waals surface area (Å²) in [5.41, 5.74) is 5.04. The van der Waals surface area contributed by atoms with Gasteiger partial charge in [0.25, 0.3) is 5.89 Å².